The first-order valence-corrected chi connectivity index (χ1v) is 11.6. The van der Waals surface area contributed by atoms with Crippen LogP contribution in [0.5, 0.6) is 0 Å². The zero-order chi connectivity index (χ0) is 23.5. The normalized spacial score (nSPS) is 13.9. The van der Waals surface area contributed by atoms with Crippen molar-refractivity contribution in [2.24, 2.45) is 5.41 Å². The van der Waals surface area contributed by atoms with Crippen molar-refractivity contribution in [2.75, 3.05) is 0 Å². The fraction of sp³-hybridized carbons (Fsp3) is 0.300. The number of carbonyl (C=O) groups is 1. The number of furan rings is 1. The lowest BCUT2D eigenvalue weighted by Crippen LogP contribution is -2.15. The predicted molar refractivity (Wildman–Crippen MR) is 136 cm³/mol. The molecule has 2 heterocycles. The van der Waals surface area contributed by atoms with Crippen LogP contribution in [0.3, 0.4) is 0 Å². The number of rotatable bonds is 1. The highest BCUT2D eigenvalue weighted by Crippen LogP contribution is 2.48. The minimum Gasteiger partial charge on any atom is -0.460 e. The van der Waals surface area contributed by atoms with Crippen molar-refractivity contribution in [3.63, 3.8) is 0 Å². The quantitative estimate of drug-likeness (QED) is 0.304. The third-order valence-corrected chi connectivity index (χ3v) is 6.49. The van der Waals surface area contributed by atoms with Crippen LogP contribution in [-0.4, -0.2) is 10.5 Å². The van der Waals surface area contributed by atoms with Gasteiger partial charge in [-0.3, -0.25) is 9.36 Å². The topological polar surface area (TPSA) is 35.1 Å². The van der Waals surface area contributed by atoms with Gasteiger partial charge in [0.2, 0.25) is 0 Å². The van der Waals surface area contributed by atoms with E-state index in [1.54, 1.807) is 0 Å². The van der Waals surface area contributed by atoms with E-state index in [1.807, 2.05) is 53.1 Å². The lowest BCUT2D eigenvalue weighted by molar-refractivity contribution is 0.0962. The summed E-state index contributed by atoms with van der Waals surface area (Å²) in [6, 6.07) is 19.9. The van der Waals surface area contributed by atoms with Gasteiger partial charge in [0, 0.05) is 39.6 Å². The fourth-order valence-corrected chi connectivity index (χ4v) is 4.85. The standard InChI is InChI=1S/C30H31NO2/c1-29(2,3)22-16-17-24-26(27-21(22)18-25(33-27)30(4,5)6)20-14-10-11-15-23(20)31(24)28(32)19-12-8-7-9-13-19/h7-16,18H,17H2,1-6H3. The van der Waals surface area contributed by atoms with E-state index in [-0.39, 0.29) is 16.7 Å². The second-order valence-corrected chi connectivity index (χ2v) is 11.0. The highest BCUT2D eigenvalue weighted by Gasteiger charge is 2.34. The Balaban J connectivity index is 1.86. The molecule has 5 rings (SSSR count). The smallest absolute Gasteiger partial charge is 0.262 e. The van der Waals surface area contributed by atoms with E-state index in [4.69, 9.17) is 4.42 Å². The molecule has 0 radical (unpaired) electrons. The summed E-state index contributed by atoms with van der Waals surface area (Å²) in [7, 11) is 0. The maximum Gasteiger partial charge on any atom is 0.262 e. The van der Waals surface area contributed by atoms with Crippen molar-refractivity contribution in [1.29, 1.82) is 0 Å². The van der Waals surface area contributed by atoms with Crippen LogP contribution in [0, 0.1) is 5.41 Å². The van der Waals surface area contributed by atoms with Crippen molar-refractivity contribution in [1.82, 2.24) is 4.57 Å². The lowest BCUT2D eigenvalue weighted by Gasteiger charge is -2.22. The molecular formula is C30H31NO2. The number of allylic oxidation sites excluding steroid dienone is 2. The Hall–Kier alpha value is -3.33. The molecule has 168 valence electrons. The van der Waals surface area contributed by atoms with Gasteiger partial charge in [0.15, 0.2) is 0 Å². The molecule has 0 amide bonds. The van der Waals surface area contributed by atoms with Gasteiger partial charge in [0.1, 0.15) is 11.5 Å². The molecule has 2 aromatic carbocycles. The van der Waals surface area contributed by atoms with Crippen LogP contribution in [0.2, 0.25) is 0 Å². The Kier molecular flexibility index (Phi) is 4.79. The zero-order valence-corrected chi connectivity index (χ0v) is 20.3. The van der Waals surface area contributed by atoms with Crippen molar-refractivity contribution in [3.05, 3.63) is 89.3 Å². The highest BCUT2D eigenvalue weighted by molar-refractivity contribution is 6.09. The maximum absolute atomic E-state index is 13.8. The van der Waals surface area contributed by atoms with Gasteiger partial charge < -0.3 is 4.42 Å². The fourth-order valence-electron chi connectivity index (χ4n) is 4.85. The molecule has 0 atom stereocenters. The SMILES string of the molecule is CC(C)(C)C1=CCc2c(c3ccccc3n2C(=O)c2ccccc2)-c2oc(C(C)(C)C)cc21. The number of fused-ring (bicyclic) bond motifs is 5. The number of nitrogens with zero attached hydrogens (tertiary/aromatic N) is 1. The van der Waals surface area contributed by atoms with Gasteiger partial charge in [-0.25, -0.2) is 0 Å². The van der Waals surface area contributed by atoms with E-state index in [0.29, 0.717) is 12.0 Å². The molecule has 0 bridgehead atoms. The summed E-state index contributed by atoms with van der Waals surface area (Å²) in [6.07, 6.45) is 2.96. The Morgan fingerprint density at radius 1 is 0.879 bits per heavy atom. The van der Waals surface area contributed by atoms with Gasteiger partial charge in [0.25, 0.3) is 5.91 Å². The molecule has 2 aromatic heterocycles. The van der Waals surface area contributed by atoms with Crippen LogP contribution < -0.4 is 0 Å². The monoisotopic (exact) mass is 437 g/mol. The zero-order valence-electron chi connectivity index (χ0n) is 20.3. The molecule has 33 heavy (non-hydrogen) atoms. The van der Waals surface area contributed by atoms with Crippen LogP contribution in [0.15, 0.2) is 71.2 Å². The Labute approximate surface area is 195 Å². The van der Waals surface area contributed by atoms with Crippen molar-refractivity contribution < 1.29 is 9.21 Å². The van der Waals surface area contributed by atoms with Crippen molar-refractivity contribution >= 4 is 22.4 Å². The average Bonchev–Trinajstić information content (AvgIpc) is 3.28. The third kappa shape index (κ3) is 3.47. The Bertz CT molecular complexity index is 1400. The molecule has 1 aliphatic carbocycles. The molecule has 0 aliphatic heterocycles. The molecule has 0 saturated heterocycles. The summed E-state index contributed by atoms with van der Waals surface area (Å²) in [4.78, 5) is 13.8. The Morgan fingerprint density at radius 2 is 1.55 bits per heavy atom. The average molecular weight is 438 g/mol. The molecule has 1 aliphatic rings. The van der Waals surface area contributed by atoms with E-state index in [1.165, 1.54) is 5.57 Å². The summed E-state index contributed by atoms with van der Waals surface area (Å²) in [5, 5.41) is 1.05. The first-order chi connectivity index (χ1) is 15.6. The largest absolute Gasteiger partial charge is 0.460 e. The number of carbonyl (C=O) groups excluding carboxylic acids is 1. The Morgan fingerprint density at radius 3 is 2.21 bits per heavy atom. The summed E-state index contributed by atoms with van der Waals surface area (Å²) in [5.74, 6) is 1.83. The maximum atomic E-state index is 13.8. The van der Waals surface area contributed by atoms with Gasteiger partial charge in [-0.1, -0.05) is 84.0 Å². The molecule has 0 unspecified atom stereocenters. The summed E-state index contributed by atoms with van der Waals surface area (Å²) >= 11 is 0. The second kappa shape index (κ2) is 7.34. The van der Waals surface area contributed by atoms with Crippen molar-refractivity contribution in [3.8, 4) is 11.3 Å². The van der Waals surface area contributed by atoms with E-state index >= 15 is 0 Å². The van der Waals surface area contributed by atoms with Crippen molar-refractivity contribution in [2.45, 2.75) is 53.4 Å². The first-order valence-electron chi connectivity index (χ1n) is 11.6. The van der Waals surface area contributed by atoms with Crippen LogP contribution in [0.4, 0.5) is 0 Å². The van der Waals surface area contributed by atoms with Crippen LogP contribution in [-0.2, 0) is 11.8 Å². The molecule has 0 spiro atoms. The summed E-state index contributed by atoms with van der Waals surface area (Å²) in [6.45, 7) is 13.2. The minimum atomic E-state index is -0.117. The molecule has 3 heteroatoms. The minimum absolute atomic E-state index is 0.00944. The molecule has 0 N–H and O–H groups in total. The van der Waals surface area contributed by atoms with Gasteiger partial charge in [-0.15, -0.1) is 0 Å². The van der Waals surface area contributed by atoms with Crippen LogP contribution >= 0.6 is 0 Å². The van der Waals surface area contributed by atoms with Crippen LogP contribution in [0.1, 0.15) is 68.9 Å². The van der Waals surface area contributed by atoms with E-state index in [0.717, 1.165) is 39.2 Å². The molecule has 3 nitrogen and oxygen atoms in total. The molecular weight excluding hydrogens is 406 g/mol. The number of benzene rings is 2. The van der Waals surface area contributed by atoms with Crippen LogP contribution in [0.25, 0.3) is 27.8 Å². The van der Waals surface area contributed by atoms with E-state index in [9.17, 15) is 4.79 Å². The number of hydrogen-bond acceptors (Lipinski definition) is 2. The summed E-state index contributed by atoms with van der Waals surface area (Å²) < 4.78 is 8.54. The highest BCUT2D eigenvalue weighted by atomic mass is 16.3. The van der Waals surface area contributed by atoms with Gasteiger partial charge in [-0.2, -0.15) is 0 Å². The third-order valence-electron chi connectivity index (χ3n) is 6.49. The second-order valence-electron chi connectivity index (χ2n) is 11.0. The number of hydrogen-bond donors (Lipinski definition) is 0. The van der Waals surface area contributed by atoms with E-state index in [2.05, 4.69) is 59.8 Å². The lowest BCUT2D eigenvalue weighted by atomic mass is 9.81. The van der Waals surface area contributed by atoms with E-state index < -0.39 is 0 Å². The molecule has 0 saturated carbocycles. The molecule has 0 fully saturated rings. The molecule has 4 aromatic rings. The summed E-state index contributed by atoms with van der Waals surface area (Å²) in [5.41, 5.74) is 5.85. The number of para-hydroxylation sites is 1. The van der Waals surface area contributed by atoms with Gasteiger partial charge in [-0.05, 0) is 35.3 Å². The first kappa shape index (κ1) is 21.5. The van der Waals surface area contributed by atoms with Gasteiger partial charge in [0.05, 0.1) is 5.52 Å². The predicted octanol–water partition coefficient (Wildman–Crippen LogP) is 7.87. The van der Waals surface area contributed by atoms with Gasteiger partial charge >= 0.3 is 0 Å². The number of aromatic nitrogens is 1.